The van der Waals surface area contributed by atoms with Crippen LogP contribution in [0.1, 0.15) is 88.8 Å². The zero-order valence-electron chi connectivity index (χ0n) is 26.9. The first-order valence-corrected chi connectivity index (χ1v) is 16.5. The first-order chi connectivity index (χ1) is 20.3. The molecule has 0 N–H and O–H groups in total. The van der Waals surface area contributed by atoms with Gasteiger partial charge in [-0.25, -0.2) is 5.57 Å². The Labute approximate surface area is 274 Å². The van der Waals surface area contributed by atoms with Crippen molar-refractivity contribution in [2.45, 2.75) is 72.6 Å². The summed E-state index contributed by atoms with van der Waals surface area (Å²) in [6, 6.07) is 32.1. The molecule has 4 aromatic carbocycles. The predicted octanol–water partition coefficient (Wildman–Crippen LogP) is 10.6. The summed E-state index contributed by atoms with van der Waals surface area (Å²) in [7, 11) is 0. The summed E-state index contributed by atoms with van der Waals surface area (Å²) in [5.74, 6) is 0.298. The van der Waals surface area contributed by atoms with E-state index in [0.717, 1.165) is 12.0 Å². The molecule has 0 radical (unpaired) electrons. The molecular weight excluding hydrogens is 603 g/mol. The third-order valence-electron chi connectivity index (χ3n) is 7.85. The molecular formula is C41H43FZr. The van der Waals surface area contributed by atoms with E-state index < -0.39 is 0 Å². The molecule has 0 aliphatic heterocycles. The van der Waals surface area contributed by atoms with Crippen LogP contribution < -0.4 is 0 Å². The zero-order chi connectivity index (χ0) is 31.4. The molecule has 6 rings (SSSR count). The fourth-order valence-electron chi connectivity index (χ4n) is 5.35. The van der Waals surface area contributed by atoms with E-state index >= 15 is 0 Å². The van der Waals surface area contributed by atoms with E-state index in [-0.39, 0.29) is 16.6 Å². The molecule has 2 aliphatic rings. The van der Waals surface area contributed by atoms with E-state index in [1.54, 1.807) is 12.1 Å². The van der Waals surface area contributed by atoms with Gasteiger partial charge in [-0.05, 0) is 28.4 Å². The normalized spacial score (nSPS) is 15.2. The summed E-state index contributed by atoms with van der Waals surface area (Å²) < 4.78 is 14.2. The van der Waals surface area contributed by atoms with Crippen molar-refractivity contribution in [1.82, 2.24) is 0 Å². The zero-order valence-corrected chi connectivity index (χ0v) is 29.4. The van der Waals surface area contributed by atoms with E-state index in [9.17, 15) is 4.39 Å². The van der Waals surface area contributed by atoms with Gasteiger partial charge in [-0.2, -0.15) is 35.4 Å². The fourth-order valence-corrected chi connectivity index (χ4v) is 5.83. The Morgan fingerprint density at radius 2 is 1.47 bits per heavy atom. The molecule has 0 fully saturated rings. The van der Waals surface area contributed by atoms with Gasteiger partial charge in [0.2, 0.25) is 0 Å². The second kappa shape index (κ2) is 13.8. The van der Waals surface area contributed by atoms with Crippen molar-refractivity contribution in [2.24, 2.45) is 5.92 Å². The summed E-state index contributed by atoms with van der Waals surface area (Å²) in [6.07, 6.45) is 6.68. The van der Waals surface area contributed by atoms with Gasteiger partial charge < -0.3 is 0 Å². The summed E-state index contributed by atoms with van der Waals surface area (Å²) in [5, 5.41) is 0. The molecule has 43 heavy (non-hydrogen) atoms. The molecule has 1 unspecified atom stereocenters. The van der Waals surface area contributed by atoms with Crippen LogP contribution in [0.4, 0.5) is 4.39 Å². The van der Waals surface area contributed by atoms with Crippen LogP contribution in [0.25, 0.3) is 16.7 Å². The standard InChI is InChI=1S/C21H25.C13H13.C7H5F.Zr/c1-20(2,3)16-7-9-18-14(12-16)11-15-13-17(21(4,5)6)8-10-19(15)18;1-10-8-11(2)13(9-10)12-6-4-3-5-7-12;1-6-2-4-7(8)5-3-6;/h7-10,12H,11H2,1-6H3;3-7,9-10H,1-2H3;1-5H;/q2*-1;;+2. The van der Waals surface area contributed by atoms with Crippen LogP contribution >= 0.6 is 0 Å². The van der Waals surface area contributed by atoms with Gasteiger partial charge in [0.1, 0.15) is 0 Å². The van der Waals surface area contributed by atoms with Crippen LogP contribution in [0.2, 0.25) is 0 Å². The summed E-state index contributed by atoms with van der Waals surface area (Å²) >= 11 is 1.34. The molecule has 2 aliphatic carbocycles. The van der Waals surface area contributed by atoms with Gasteiger partial charge in [0.15, 0.2) is 0 Å². The molecule has 0 saturated heterocycles. The number of halogens is 1. The molecule has 0 bridgehead atoms. The van der Waals surface area contributed by atoms with Gasteiger partial charge in [0.05, 0.1) is 0 Å². The van der Waals surface area contributed by atoms with Gasteiger partial charge in [-0.1, -0.05) is 115 Å². The van der Waals surface area contributed by atoms with E-state index in [1.807, 2.05) is 9.78 Å². The van der Waals surface area contributed by atoms with E-state index in [2.05, 4.69) is 128 Å². The van der Waals surface area contributed by atoms with E-state index in [0.29, 0.717) is 5.92 Å². The minimum absolute atomic E-state index is 0.167. The Bertz CT molecular complexity index is 1560. The summed E-state index contributed by atoms with van der Waals surface area (Å²) in [6.45, 7) is 17.9. The van der Waals surface area contributed by atoms with Crippen molar-refractivity contribution in [3.63, 3.8) is 0 Å². The molecule has 0 nitrogen and oxygen atoms in total. The number of allylic oxidation sites excluding steroid dienone is 4. The third kappa shape index (κ3) is 8.57. The van der Waals surface area contributed by atoms with Crippen molar-refractivity contribution in [3.05, 3.63) is 148 Å². The van der Waals surface area contributed by atoms with Gasteiger partial charge in [0.25, 0.3) is 0 Å². The number of rotatable bonds is 2. The van der Waals surface area contributed by atoms with Crippen LogP contribution in [0.3, 0.4) is 0 Å². The third-order valence-corrected chi connectivity index (χ3v) is 8.67. The Kier molecular flexibility index (Phi) is 10.6. The van der Waals surface area contributed by atoms with Gasteiger partial charge in [-0.3, -0.25) is 6.08 Å². The van der Waals surface area contributed by atoms with Crippen LogP contribution in [0.15, 0.2) is 96.6 Å². The van der Waals surface area contributed by atoms with E-state index in [1.165, 1.54) is 86.5 Å². The Hall–Kier alpha value is -2.96. The van der Waals surface area contributed by atoms with Crippen LogP contribution in [0, 0.1) is 23.9 Å². The summed E-state index contributed by atoms with van der Waals surface area (Å²) in [5.41, 5.74) is 13.7. The average Bonchev–Trinajstić information content (AvgIpc) is 3.51. The van der Waals surface area contributed by atoms with Crippen molar-refractivity contribution < 1.29 is 28.6 Å². The molecule has 0 amide bonds. The summed E-state index contributed by atoms with van der Waals surface area (Å²) in [4.78, 5) is 0. The van der Waals surface area contributed by atoms with E-state index in [4.69, 9.17) is 0 Å². The number of benzene rings is 4. The maximum atomic E-state index is 12.2. The molecule has 4 aromatic rings. The molecule has 0 aromatic heterocycles. The Morgan fingerprint density at radius 3 is 2.02 bits per heavy atom. The molecule has 2 heteroatoms. The number of fused-ring (bicyclic) bond motifs is 3. The average molecular weight is 646 g/mol. The number of hydrogen-bond acceptors (Lipinski definition) is 0. The van der Waals surface area contributed by atoms with Crippen molar-refractivity contribution >= 4 is 9.28 Å². The molecule has 0 spiro atoms. The van der Waals surface area contributed by atoms with Crippen LogP contribution in [-0.2, 0) is 41.5 Å². The van der Waals surface area contributed by atoms with Gasteiger partial charge >= 0.3 is 68.0 Å². The SMILES string of the molecule is CC(C)(C)c1[c-]c2c(cc1)-c1ccc(C(C)(C)C)cc1C2.CC1=[C-]C(C)C=C1c1ccccc1.Fc1ccc([CH]=[Zr+2])cc1. The van der Waals surface area contributed by atoms with Crippen LogP contribution in [-0.4, -0.2) is 3.71 Å². The Balaban J connectivity index is 0.000000163. The topological polar surface area (TPSA) is 0 Å². The second-order valence-electron chi connectivity index (χ2n) is 13.5. The minimum atomic E-state index is -0.170. The molecule has 0 heterocycles. The van der Waals surface area contributed by atoms with Gasteiger partial charge in [0, 0.05) is 0 Å². The first kappa shape index (κ1) is 32.9. The molecule has 218 valence electrons. The predicted molar refractivity (Wildman–Crippen MR) is 178 cm³/mol. The van der Waals surface area contributed by atoms with Crippen LogP contribution in [0.5, 0.6) is 0 Å². The van der Waals surface area contributed by atoms with Crippen molar-refractivity contribution in [3.8, 4) is 11.1 Å². The number of hydrogen-bond donors (Lipinski definition) is 0. The monoisotopic (exact) mass is 644 g/mol. The molecule has 0 saturated carbocycles. The first-order valence-electron chi connectivity index (χ1n) is 15.1. The maximum absolute atomic E-state index is 12.2. The fraction of sp³-hybridized carbons (Fsp3) is 0.293. The van der Waals surface area contributed by atoms with Gasteiger partial charge in [-0.15, -0.1) is 16.7 Å². The quantitative estimate of drug-likeness (QED) is 0.168. The van der Waals surface area contributed by atoms with Crippen molar-refractivity contribution in [2.75, 3.05) is 0 Å². The van der Waals surface area contributed by atoms with Crippen molar-refractivity contribution in [1.29, 1.82) is 0 Å². The molecule has 1 atom stereocenters. The second-order valence-corrected chi connectivity index (χ2v) is 14.2. The Morgan fingerprint density at radius 1 is 0.814 bits per heavy atom.